The number of piperazine rings is 1. The van der Waals surface area contributed by atoms with Crippen molar-refractivity contribution >= 4 is 28.4 Å². The highest BCUT2D eigenvalue weighted by Gasteiger charge is 2.48. The van der Waals surface area contributed by atoms with Gasteiger partial charge in [0.1, 0.15) is 6.04 Å². The molecule has 158 valence electrons. The monoisotopic (exact) mass is 418 g/mol. The Morgan fingerprint density at radius 3 is 2.74 bits per heavy atom. The Labute approximate surface area is 178 Å². The molecule has 2 aromatic carbocycles. The minimum atomic E-state index is -0.622. The number of nitro groups is 1. The van der Waals surface area contributed by atoms with E-state index in [1.807, 2.05) is 31.2 Å². The van der Waals surface area contributed by atoms with Crippen molar-refractivity contribution in [1.29, 1.82) is 0 Å². The largest absolute Gasteiger partial charge is 0.356 e. The molecule has 2 amide bonds. The molecule has 0 spiro atoms. The SMILES string of the molecule is CCCN1CC(=O)N2C(c3cccc([N+](=O)[O-])c3)c3[nH]c4ccccc4c3C[C@H]2C1=O. The second-order valence-corrected chi connectivity index (χ2v) is 8.10. The third-order valence-corrected chi connectivity index (χ3v) is 6.23. The van der Waals surface area contributed by atoms with Gasteiger partial charge >= 0.3 is 0 Å². The zero-order chi connectivity index (χ0) is 21.7. The van der Waals surface area contributed by atoms with Gasteiger partial charge in [0.25, 0.3) is 5.69 Å². The molecule has 8 heteroatoms. The molecule has 1 N–H and O–H groups in total. The Balaban J connectivity index is 1.71. The first-order chi connectivity index (χ1) is 15.0. The summed E-state index contributed by atoms with van der Waals surface area (Å²) in [4.78, 5) is 44.2. The third-order valence-electron chi connectivity index (χ3n) is 6.23. The van der Waals surface area contributed by atoms with E-state index in [1.165, 1.54) is 12.1 Å². The Morgan fingerprint density at radius 2 is 1.97 bits per heavy atom. The molecule has 1 aromatic heterocycles. The summed E-state index contributed by atoms with van der Waals surface area (Å²) >= 11 is 0. The second-order valence-electron chi connectivity index (χ2n) is 8.10. The zero-order valence-corrected chi connectivity index (χ0v) is 17.1. The molecule has 0 saturated carbocycles. The van der Waals surface area contributed by atoms with E-state index in [0.29, 0.717) is 18.5 Å². The van der Waals surface area contributed by atoms with Crippen molar-refractivity contribution in [2.24, 2.45) is 0 Å². The molecule has 3 aromatic rings. The van der Waals surface area contributed by atoms with Gasteiger partial charge in [-0.3, -0.25) is 19.7 Å². The lowest BCUT2D eigenvalue weighted by molar-refractivity contribution is -0.384. The van der Waals surface area contributed by atoms with Crippen molar-refractivity contribution in [3.05, 3.63) is 75.5 Å². The van der Waals surface area contributed by atoms with E-state index >= 15 is 0 Å². The number of aromatic nitrogens is 1. The fourth-order valence-corrected chi connectivity index (χ4v) is 4.94. The number of aromatic amines is 1. The molecule has 0 bridgehead atoms. The van der Waals surface area contributed by atoms with Crippen molar-refractivity contribution < 1.29 is 14.5 Å². The molecular formula is C23H22N4O4. The van der Waals surface area contributed by atoms with Crippen molar-refractivity contribution in [2.75, 3.05) is 13.1 Å². The van der Waals surface area contributed by atoms with Crippen LogP contribution in [0.4, 0.5) is 5.69 Å². The van der Waals surface area contributed by atoms with Crippen molar-refractivity contribution in [2.45, 2.75) is 31.8 Å². The maximum atomic E-state index is 13.3. The number of carbonyl (C=O) groups is 2. The lowest BCUT2D eigenvalue weighted by atomic mass is 9.86. The van der Waals surface area contributed by atoms with Gasteiger partial charge in [0.2, 0.25) is 11.8 Å². The number of rotatable bonds is 4. The summed E-state index contributed by atoms with van der Waals surface area (Å²) in [6.45, 7) is 2.55. The first-order valence-corrected chi connectivity index (χ1v) is 10.4. The molecule has 0 radical (unpaired) electrons. The molecule has 31 heavy (non-hydrogen) atoms. The standard InChI is InChI=1S/C23H22N4O4/c1-2-10-25-13-20(28)26-19(23(25)29)12-17-16-8-3-4-9-18(16)24-21(17)22(26)14-6-5-7-15(11-14)27(30)31/h3-9,11,19,22,24H,2,10,12-13H2,1H3/t19-,22?/m0/s1. The molecule has 2 aliphatic rings. The van der Waals surface area contributed by atoms with Crippen LogP contribution in [-0.2, 0) is 16.0 Å². The highest BCUT2D eigenvalue weighted by molar-refractivity contribution is 5.97. The van der Waals surface area contributed by atoms with Gasteiger partial charge in [-0.2, -0.15) is 0 Å². The van der Waals surface area contributed by atoms with Gasteiger partial charge in [-0.1, -0.05) is 37.3 Å². The van der Waals surface area contributed by atoms with Gasteiger partial charge in [0.15, 0.2) is 0 Å². The van der Waals surface area contributed by atoms with E-state index in [9.17, 15) is 19.7 Å². The van der Waals surface area contributed by atoms with Crippen LogP contribution in [0.5, 0.6) is 0 Å². The number of nitro benzene ring substituents is 1. The highest BCUT2D eigenvalue weighted by Crippen LogP contribution is 2.43. The van der Waals surface area contributed by atoms with E-state index < -0.39 is 17.0 Å². The predicted octanol–water partition coefficient (Wildman–Crippen LogP) is 3.17. The van der Waals surface area contributed by atoms with Crippen molar-refractivity contribution in [3.63, 3.8) is 0 Å². The Morgan fingerprint density at radius 1 is 1.16 bits per heavy atom. The number of benzene rings is 2. The summed E-state index contributed by atoms with van der Waals surface area (Å²) in [7, 11) is 0. The summed E-state index contributed by atoms with van der Waals surface area (Å²) in [6.07, 6.45) is 1.20. The smallest absolute Gasteiger partial charge is 0.269 e. The van der Waals surface area contributed by atoms with Crippen LogP contribution in [0.3, 0.4) is 0 Å². The van der Waals surface area contributed by atoms with Crippen LogP contribution >= 0.6 is 0 Å². The van der Waals surface area contributed by atoms with E-state index in [4.69, 9.17) is 0 Å². The molecule has 0 aliphatic carbocycles. The summed E-state index contributed by atoms with van der Waals surface area (Å²) in [5.74, 6) is -0.202. The maximum absolute atomic E-state index is 13.3. The van der Waals surface area contributed by atoms with Gasteiger partial charge < -0.3 is 14.8 Å². The van der Waals surface area contributed by atoms with Crippen molar-refractivity contribution in [1.82, 2.24) is 14.8 Å². The van der Waals surface area contributed by atoms with Gasteiger partial charge in [-0.25, -0.2) is 0 Å². The van der Waals surface area contributed by atoms with Crippen LogP contribution in [0.1, 0.15) is 36.2 Å². The number of amides is 2. The first-order valence-electron chi connectivity index (χ1n) is 10.4. The second kappa shape index (κ2) is 7.23. The zero-order valence-electron chi connectivity index (χ0n) is 17.1. The molecular weight excluding hydrogens is 396 g/mol. The van der Waals surface area contributed by atoms with Crippen LogP contribution in [0.25, 0.3) is 10.9 Å². The number of fused-ring (bicyclic) bond motifs is 4. The number of non-ortho nitro benzene ring substituents is 1. The highest BCUT2D eigenvalue weighted by atomic mass is 16.6. The van der Waals surface area contributed by atoms with Crippen LogP contribution in [-0.4, -0.2) is 50.7 Å². The number of H-pyrrole nitrogens is 1. The fourth-order valence-electron chi connectivity index (χ4n) is 4.94. The third kappa shape index (κ3) is 2.98. The minimum Gasteiger partial charge on any atom is -0.356 e. The average molecular weight is 418 g/mol. The average Bonchev–Trinajstić information content (AvgIpc) is 3.14. The molecule has 1 fully saturated rings. The Hall–Kier alpha value is -3.68. The van der Waals surface area contributed by atoms with Gasteiger partial charge in [-0.05, 0) is 23.6 Å². The van der Waals surface area contributed by atoms with E-state index in [1.54, 1.807) is 21.9 Å². The topological polar surface area (TPSA) is 99.5 Å². The van der Waals surface area contributed by atoms with Crippen LogP contribution in [0.15, 0.2) is 48.5 Å². The van der Waals surface area contributed by atoms with E-state index in [2.05, 4.69) is 4.98 Å². The molecule has 1 saturated heterocycles. The summed E-state index contributed by atoms with van der Waals surface area (Å²) in [6, 6.07) is 13.0. The number of nitrogens with zero attached hydrogens (tertiary/aromatic N) is 3. The van der Waals surface area contributed by atoms with E-state index in [0.717, 1.165) is 28.6 Å². The number of hydrogen-bond acceptors (Lipinski definition) is 4. The van der Waals surface area contributed by atoms with Crippen LogP contribution in [0, 0.1) is 10.1 Å². The predicted molar refractivity (Wildman–Crippen MR) is 114 cm³/mol. The van der Waals surface area contributed by atoms with Gasteiger partial charge in [-0.15, -0.1) is 0 Å². The van der Waals surface area contributed by atoms with Gasteiger partial charge in [0.05, 0.1) is 17.5 Å². The van der Waals surface area contributed by atoms with E-state index in [-0.39, 0.29) is 24.0 Å². The normalized spacial score (nSPS) is 20.7. The van der Waals surface area contributed by atoms with Crippen LogP contribution in [0.2, 0.25) is 0 Å². The lowest BCUT2D eigenvalue weighted by Crippen LogP contribution is -2.63. The molecule has 8 nitrogen and oxygen atoms in total. The molecule has 5 rings (SSSR count). The summed E-state index contributed by atoms with van der Waals surface area (Å²) in [5, 5.41) is 12.4. The Kier molecular flexibility index (Phi) is 4.50. The Bertz CT molecular complexity index is 1220. The van der Waals surface area contributed by atoms with Crippen LogP contribution < -0.4 is 0 Å². The maximum Gasteiger partial charge on any atom is 0.269 e. The van der Waals surface area contributed by atoms with Gasteiger partial charge in [0, 0.05) is 41.7 Å². The molecule has 2 aliphatic heterocycles. The number of hydrogen-bond donors (Lipinski definition) is 1. The number of carbonyl (C=O) groups excluding carboxylic acids is 2. The molecule has 3 heterocycles. The summed E-state index contributed by atoms with van der Waals surface area (Å²) < 4.78 is 0. The quantitative estimate of drug-likeness (QED) is 0.520. The molecule has 1 unspecified atom stereocenters. The first kappa shape index (κ1) is 19.3. The number of para-hydroxylation sites is 1. The fraction of sp³-hybridized carbons (Fsp3) is 0.304. The minimum absolute atomic E-state index is 0.0319. The summed E-state index contributed by atoms with van der Waals surface area (Å²) in [5.41, 5.74) is 3.32. The van der Waals surface area contributed by atoms with Crippen molar-refractivity contribution in [3.8, 4) is 0 Å². The number of nitrogens with one attached hydrogen (secondary N) is 1. The molecule has 2 atom stereocenters. The lowest BCUT2D eigenvalue weighted by Gasteiger charge is -2.47.